The molecule has 2 aromatic rings. The van der Waals surface area contributed by atoms with Crippen LogP contribution in [0.2, 0.25) is 5.02 Å². The van der Waals surface area contributed by atoms with Crippen LogP contribution in [-0.2, 0) is 0 Å². The summed E-state index contributed by atoms with van der Waals surface area (Å²) < 4.78 is 13.5. The summed E-state index contributed by atoms with van der Waals surface area (Å²) in [6, 6.07) is 4.42. The lowest BCUT2D eigenvalue weighted by atomic mass is 10.3. The number of hydrogen-bond acceptors (Lipinski definition) is 3. The second kappa shape index (κ2) is 5.89. The van der Waals surface area contributed by atoms with E-state index in [4.69, 9.17) is 16.7 Å². The molecule has 0 aliphatic heterocycles. The molecule has 5 nitrogen and oxygen atoms in total. The average molecular weight is 315 g/mol. The normalized spacial score (nSPS) is 10.1. The van der Waals surface area contributed by atoms with Crippen LogP contribution in [0.4, 0.5) is 19.9 Å². The molecular formula is C12H8ClFN2O3S. The van der Waals surface area contributed by atoms with Crippen molar-refractivity contribution in [3.8, 4) is 0 Å². The van der Waals surface area contributed by atoms with Crippen molar-refractivity contribution in [2.75, 3.05) is 10.6 Å². The number of urea groups is 1. The third kappa shape index (κ3) is 3.25. The average Bonchev–Trinajstić information content (AvgIpc) is 2.81. The summed E-state index contributed by atoms with van der Waals surface area (Å²) in [6.07, 6.45) is 0. The summed E-state index contributed by atoms with van der Waals surface area (Å²) in [4.78, 5) is 22.6. The first-order valence-corrected chi connectivity index (χ1v) is 6.57. The van der Waals surface area contributed by atoms with Gasteiger partial charge < -0.3 is 10.4 Å². The van der Waals surface area contributed by atoms with E-state index in [1.54, 1.807) is 0 Å². The van der Waals surface area contributed by atoms with Gasteiger partial charge in [-0.2, -0.15) is 0 Å². The Morgan fingerprint density at radius 2 is 2.00 bits per heavy atom. The first-order valence-electron chi connectivity index (χ1n) is 5.31. The highest BCUT2D eigenvalue weighted by atomic mass is 35.5. The molecule has 104 valence electrons. The standard InChI is InChI=1S/C12H8ClFN2O3S/c13-6-1-2-9(8(14)5-6)15-12(19)16-10-7(11(17)18)3-4-20-10/h1-5H,(H,17,18)(H2,15,16,19). The van der Waals surface area contributed by atoms with Crippen molar-refractivity contribution in [1.29, 1.82) is 0 Å². The van der Waals surface area contributed by atoms with Crippen LogP contribution in [0.1, 0.15) is 10.4 Å². The fourth-order valence-corrected chi connectivity index (χ4v) is 2.35. The zero-order chi connectivity index (χ0) is 14.7. The molecule has 0 unspecified atom stereocenters. The van der Waals surface area contributed by atoms with Crippen LogP contribution in [0.15, 0.2) is 29.6 Å². The fourth-order valence-electron chi connectivity index (χ4n) is 1.42. The van der Waals surface area contributed by atoms with Crippen molar-refractivity contribution in [2.24, 2.45) is 0 Å². The van der Waals surface area contributed by atoms with Gasteiger partial charge in [0.05, 0.1) is 11.3 Å². The fraction of sp³-hybridized carbons (Fsp3) is 0. The van der Waals surface area contributed by atoms with Crippen LogP contribution in [0.3, 0.4) is 0 Å². The third-order valence-corrected chi connectivity index (χ3v) is 3.37. The van der Waals surface area contributed by atoms with E-state index in [0.29, 0.717) is 0 Å². The zero-order valence-electron chi connectivity index (χ0n) is 9.81. The van der Waals surface area contributed by atoms with Crippen LogP contribution in [0, 0.1) is 5.82 Å². The Morgan fingerprint density at radius 1 is 1.25 bits per heavy atom. The summed E-state index contributed by atoms with van der Waals surface area (Å²) in [5, 5.41) is 15.4. The summed E-state index contributed by atoms with van der Waals surface area (Å²) >= 11 is 6.65. The van der Waals surface area contributed by atoms with E-state index in [1.807, 2.05) is 0 Å². The maximum absolute atomic E-state index is 13.5. The number of amides is 2. The maximum atomic E-state index is 13.5. The molecule has 0 bridgehead atoms. The number of benzene rings is 1. The van der Waals surface area contributed by atoms with Crippen LogP contribution < -0.4 is 10.6 Å². The number of anilines is 2. The van der Waals surface area contributed by atoms with Crippen molar-refractivity contribution >= 4 is 45.6 Å². The number of carboxylic acids is 1. The largest absolute Gasteiger partial charge is 0.478 e. The number of rotatable bonds is 3. The molecule has 20 heavy (non-hydrogen) atoms. The Balaban J connectivity index is 2.09. The van der Waals surface area contributed by atoms with Crippen LogP contribution in [0.5, 0.6) is 0 Å². The number of aromatic carboxylic acids is 1. The molecule has 8 heteroatoms. The molecule has 0 saturated carbocycles. The number of carboxylic acid groups (broad SMARTS) is 1. The number of thiophene rings is 1. The lowest BCUT2D eigenvalue weighted by molar-refractivity contribution is 0.0698. The predicted molar refractivity (Wildman–Crippen MR) is 75.3 cm³/mol. The van der Waals surface area contributed by atoms with Crippen molar-refractivity contribution in [1.82, 2.24) is 0 Å². The summed E-state index contributed by atoms with van der Waals surface area (Å²) in [5.74, 6) is -1.84. The van der Waals surface area contributed by atoms with Gasteiger partial charge in [0.25, 0.3) is 0 Å². The summed E-state index contributed by atoms with van der Waals surface area (Å²) in [7, 11) is 0. The van der Waals surface area contributed by atoms with Gasteiger partial charge in [-0.1, -0.05) is 11.6 Å². The Labute approximate surface area is 122 Å². The number of nitrogens with one attached hydrogen (secondary N) is 2. The molecule has 0 fully saturated rings. The van der Waals surface area contributed by atoms with E-state index in [2.05, 4.69) is 10.6 Å². The van der Waals surface area contributed by atoms with E-state index < -0.39 is 17.8 Å². The maximum Gasteiger partial charge on any atom is 0.338 e. The van der Waals surface area contributed by atoms with Crippen molar-refractivity contribution in [3.05, 3.63) is 46.0 Å². The number of carbonyl (C=O) groups is 2. The minimum Gasteiger partial charge on any atom is -0.478 e. The topological polar surface area (TPSA) is 78.4 Å². The van der Waals surface area contributed by atoms with Gasteiger partial charge in [-0.05, 0) is 29.6 Å². The molecule has 2 amide bonds. The monoisotopic (exact) mass is 314 g/mol. The lowest BCUT2D eigenvalue weighted by Gasteiger charge is -2.08. The molecular weight excluding hydrogens is 307 g/mol. The highest BCUT2D eigenvalue weighted by Crippen LogP contribution is 2.24. The van der Waals surface area contributed by atoms with Gasteiger partial charge >= 0.3 is 12.0 Å². The molecule has 0 spiro atoms. The smallest absolute Gasteiger partial charge is 0.338 e. The Bertz CT molecular complexity index is 674. The summed E-state index contributed by atoms with van der Waals surface area (Å²) in [5.41, 5.74) is -0.0814. The van der Waals surface area contributed by atoms with Gasteiger partial charge in [-0.25, -0.2) is 14.0 Å². The lowest BCUT2D eigenvalue weighted by Crippen LogP contribution is -2.20. The van der Waals surface area contributed by atoms with Gasteiger partial charge in [-0.15, -0.1) is 11.3 Å². The van der Waals surface area contributed by atoms with E-state index in [-0.39, 0.29) is 21.3 Å². The van der Waals surface area contributed by atoms with Gasteiger partial charge in [-0.3, -0.25) is 5.32 Å². The van der Waals surface area contributed by atoms with Crippen LogP contribution in [-0.4, -0.2) is 17.1 Å². The molecule has 0 saturated heterocycles. The Kier molecular flexibility index (Phi) is 4.21. The van der Waals surface area contributed by atoms with Gasteiger partial charge in [0.15, 0.2) is 0 Å². The molecule has 0 radical (unpaired) electrons. The highest BCUT2D eigenvalue weighted by Gasteiger charge is 2.14. The van der Waals surface area contributed by atoms with E-state index in [0.717, 1.165) is 17.4 Å². The number of halogens is 2. The SMILES string of the molecule is O=C(Nc1ccc(Cl)cc1F)Nc1sccc1C(=O)O. The molecule has 1 aromatic heterocycles. The highest BCUT2D eigenvalue weighted by molar-refractivity contribution is 7.14. The van der Waals surface area contributed by atoms with E-state index in [1.165, 1.54) is 23.6 Å². The quantitative estimate of drug-likeness (QED) is 0.804. The van der Waals surface area contributed by atoms with Crippen molar-refractivity contribution < 1.29 is 19.1 Å². The third-order valence-electron chi connectivity index (χ3n) is 2.30. The Morgan fingerprint density at radius 3 is 2.65 bits per heavy atom. The van der Waals surface area contributed by atoms with Crippen molar-refractivity contribution in [3.63, 3.8) is 0 Å². The molecule has 2 rings (SSSR count). The molecule has 0 atom stereocenters. The molecule has 0 aliphatic carbocycles. The van der Waals surface area contributed by atoms with Gasteiger partial charge in [0.2, 0.25) is 0 Å². The van der Waals surface area contributed by atoms with Gasteiger partial charge in [0, 0.05) is 5.02 Å². The number of hydrogen-bond donors (Lipinski definition) is 3. The van der Waals surface area contributed by atoms with Crippen LogP contribution >= 0.6 is 22.9 Å². The van der Waals surface area contributed by atoms with E-state index in [9.17, 15) is 14.0 Å². The number of carbonyl (C=O) groups excluding carboxylic acids is 1. The molecule has 1 aromatic carbocycles. The second-order valence-corrected chi connectivity index (χ2v) is 5.02. The van der Waals surface area contributed by atoms with E-state index >= 15 is 0 Å². The zero-order valence-corrected chi connectivity index (χ0v) is 11.4. The van der Waals surface area contributed by atoms with Crippen LogP contribution in [0.25, 0.3) is 0 Å². The minimum absolute atomic E-state index is 0.0262. The molecule has 1 heterocycles. The first-order chi connectivity index (χ1) is 9.47. The van der Waals surface area contributed by atoms with Crippen molar-refractivity contribution in [2.45, 2.75) is 0 Å². The second-order valence-electron chi connectivity index (χ2n) is 3.67. The Hall–Kier alpha value is -2.12. The minimum atomic E-state index is -1.15. The molecule has 3 N–H and O–H groups in total. The predicted octanol–water partition coefficient (Wildman–Crippen LogP) is 3.88. The molecule has 0 aliphatic rings. The summed E-state index contributed by atoms with van der Waals surface area (Å²) in [6.45, 7) is 0. The van der Waals surface area contributed by atoms with Gasteiger partial charge in [0.1, 0.15) is 10.8 Å². The first kappa shape index (κ1) is 14.3.